The van der Waals surface area contributed by atoms with Gasteiger partial charge < -0.3 is 0 Å². The lowest BCUT2D eigenvalue weighted by atomic mass is 10.1. The van der Waals surface area contributed by atoms with Crippen LogP contribution in [0.3, 0.4) is 0 Å². The lowest BCUT2D eigenvalue weighted by Crippen LogP contribution is -2.19. The van der Waals surface area contributed by atoms with Crippen molar-refractivity contribution in [3.63, 3.8) is 0 Å². The molecule has 4 heteroatoms. The number of hydrogen-bond donors (Lipinski definition) is 0. The number of carbonyl (C=O) groups excluding carboxylic acids is 1. The summed E-state index contributed by atoms with van der Waals surface area (Å²) >= 11 is 0. The first-order chi connectivity index (χ1) is 9.45. The maximum atomic E-state index is 12.9. The van der Waals surface area contributed by atoms with Crippen LogP contribution in [-0.2, 0) is 6.42 Å². The van der Waals surface area contributed by atoms with Crippen LogP contribution in [0, 0.1) is 19.7 Å². The number of hydrogen-bond acceptors (Lipinski definition) is 2. The SMILES string of the molecule is CCc1c(C)nn(C(C)C(=O)c2ccc(F)cc2)c1C. The number of ketones is 1. The maximum absolute atomic E-state index is 12.9. The van der Waals surface area contributed by atoms with Crippen molar-refractivity contribution < 1.29 is 9.18 Å². The van der Waals surface area contributed by atoms with Crippen LogP contribution in [0.25, 0.3) is 0 Å². The first-order valence-corrected chi connectivity index (χ1v) is 6.80. The van der Waals surface area contributed by atoms with Gasteiger partial charge >= 0.3 is 0 Å². The summed E-state index contributed by atoms with van der Waals surface area (Å²) in [4.78, 5) is 12.4. The van der Waals surface area contributed by atoms with Crippen LogP contribution in [-0.4, -0.2) is 15.6 Å². The third-order valence-electron chi connectivity index (χ3n) is 3.70. The normalized spacial score (nSPS) is 12.4. The predicted octanol–water partition coefficient (Wildman–Crippen LogP) is 3.65. The molecule has 106 valence electrons. The van der Waals surface area contributed by atoms with E-state index in [4.69, 9.17) is 0 Å². The van der Waals surface area contributed by atoms with Gasteiger partial charge in [0.1, 0.15) is 11.9 Å². The summed E-state index contributed by atoms with van der Waals surface area (Å²) in [6.07, 6.45) is 0.898. The fraction of sp³-hybridized carbons (Fsp3) is 0.375. The zero-order chi connectivity index (χ0) is 14.9. The van der Waals surface area contributed by atoms with Crippen molar-refractivity contribution >= 4 is 5.78 Å². The first kappa shape index (κ1) is 14.4. The van der Waals surface area contributed by atoms with Crippen molar-refractivity contribution in [2.75, 3.05) is 0 Å². The van der Waals surface area contributed by atoms with Gasteiger partial charge in [-0.1, -0.05) is 6.92 Å². The van der Waals surface area contributed by atoms with E-state index in [-0.39, 0.29) is 17.6 Å². The van der Waals surface area contributed by atoms with Gasteiger partial charge in [0, 0.05) is 11.3 Å². The Morgan fingerprint density at radius 1 is 1.30 bits per heavy atom. The largest absolute Gasteiger partial charge is 0.292 e. The third-order valence-corrected chi connectivity index (χ3v) is 3.70. The molecule has 2 aromatic rings. The molecule has 0 fully saturated rings. The zero-order valence-electron chi connectivity index (χ0n) is 12.3. The molecule has 0 spiro atoms. The second-order valence-corrected chi connectivity index (χ2v) is 4.99. The van der Waals surface area contributed by atoms with E-state index in [2.05, 4.69) is 12.0 Å². The highest BCUT2D eigenvalue weighted by Gasteiger charge is 2.21. The summed E-state index contributed by atoms with van der Waals surface area (Å²) in [5, 5.41) is 4.47. The number of nitrogens with zero attached hydrogens (tertiary/aromatic N) is 2. The molecule has 3 nitrogen and oxygen atoms in total. The van der Waals surface area contributed by atoms with Gasteiger partial charge in [0.15, 0.2) is 5.78 Å². The minimum atomic E-state index is -0.389. The molecule has 1 heterocycles. The number of carbonyl (C=O) groups is 1. The van der Waals surface area contributed by atoms with Gasteiger partial charge in [-0.2, -0.15) is 5.10 Å². The fourth-order valence-electron chi connectivity index (χ4n) is 2.55. The summed E-state index contributed by atoms with van der Waals surface area (Å²) in [5.74, 6) is -0.396. The summed E-state index contributed by atoms with van der Waals surface area (Å²) in [6.45, 7) is 7.84. The highest BCUT2D eigenvalue weighted by molar-refractivity contribution is 5.98. The van der Waals surface area contributed by atoms with Gasteiger partial charge in [0.2, 0.25) is 0 Å². The van der Waals surface area contributed by atoms with Gasteiger partial charge in [-0.3, -0.25) is 9.48 Å². The van der Waals surface area contributed by atoms with Crippen molar-refractivity contribution in [1.82, 2.24) is 9.78 Å². The second-order valence-electron chi connectivity index (χ2n) is 4.99. The number of benzene rings is 1. The highest BCUT2D eigenvalue weighted by Crippen LogP contribution is 2.21. The molecule has 20 heavy (non-hydrogen) atoms. The minimum absolute atomic E-state index is 0.0572. The molecule has 0 radical (unpaired) electrons. The first-order valence-electron chi connectivity index (χ1n) is 6.80. The Labute approximate surface area is 118 Å². The Morgan fingerprint density at radius 3 is 2.40 bits per heavy atom. The van der Waals surface area contributed by atoms with Crippen molar-refractivity contribution in [3.8, 4) is 0 Å². The molecule has 2 rings (SSSR count). The van der Waals surface area contributed by atoms with E-state index < -0.39 is 0 Å². The summed E-state index contributed by atoms with van der Waals surface area (Å²) in [7, 11) is 0. The molecule has 0 saturated carbocycles. The maximum Gasteiger partial charge on any atom is 0.187 e. The monoisotopic (exact) mass is 274 g/mol. The van der Waals surface area contributed by atoms with Gasteiger partial charge in [0.05, 0.1) is 5.69 Å². The lowest BCUT2D eigenvalue weighted by molar-refractivity contribution is 0.0926. The van der Waals surface area contributed by atoms with Gasteiger partial charge in [-0.25, -0.2) is 4.39 Å². The van der Waals surface area contributed by atoms with Crippen LogP contribution < -0.4 is 0 Å². The molecule has 1 atom stereocenters. The molecule has 0 aliphatic rings. The number of halogens is 1. The van der Waals surface area contributed by atoms with Gasteiger partial charge in [-0.15, -0.1) is 0 Å². The molecule has 1 aromatic carbocycles. The summed E-state index contributed by atoms with van der Waals surface area (Å²) in [6, 6.07) is 5.25. The Bertz CT molecular complexity index is 629. The molecular weight excluding hydrogens is 255 g/mol. The lowest BCUT2D eigenvalue weighted by Gasteiger charge is -2.13. The van der Waals surface area contributed by atoms with E-state index in [0.29, 0.717) is 5.56 Å². The molecule has 0 amide bonds. The Morgan fingerprint density at radius 2 is 1.90 bits per heavy atom. The van der Waals surface area contributed by atoms with Crippen molar-refractivity contribution in [1.29, 1.82) is 0 Å². The average Bonchev–Trinajstić information content (AvgIpc) is 2.72. The van der Waals surface area contributed by atoms with Gasteiger partial charge in [-0.05, 0) is 57.0 Å². The quantitative estimate of drug-likeness (QED) is 0.798. The van der Waals surface area contributed by atoms with Crippen molar-refractivity contribution in [3.05, 3.63) is 52.6 Å². The fourth-order valence-corrected chi connectivity index (χ4v) is 2.55. The Balaban J connectivity index is 2.33. The van der Waals surface area contributed by atoms with E-state index in [1.165, 1.54) is 29.8 Å². The number of Topliss-reactive ketones (excluding diaryl/α,β-unsaturated/α-hetero) is 1. The number of aromatic nitrogens is 2. The van der Waals surface area contributed by atoms with Crippen LogP contribution in [0.1, 0.15) is 47.2 Å². The van der Waals surface area contributed by atoms with E-state index in [1.54, 1.807) is 4.68 Å². The molecule has 0 aliphatic carbocycles. The van der Waals surface area contributed by atoms with E-state index >= 15 is 0 Å². The smallest absolute Gasteiger partial charge is 0.187 e. The van der Waals surface area contributed by atoms with E-state index in [1.807, 2.05) is 20.8 Å². The Kier molecular flexibility index (Phi) is 4.02. The predicted molar refractivity (Wildman–Crippen MR) is 76.5 cm³/mol. The average molecular weight is 274 g/mol. The molecule has 0 aliphatic heterocycles. The van der Waals surface area contributed by atoms with E-state index in [9.17, 15) is 9.18 Å². The highest BCUT2D eigenvalue weighted by atomic mass is 19.1. The minimum Gasteiger partial charge on any atom is -0.292 e. The molecule has 1 aromatic heterocycles. The molecule has 0 saturated heterocycles. The van der Waals surface area contributed by atoms with Crippen molar-refractivity contribution in [2.45, 2.75) is 40.2 Å². The standard InChI is InChI=1S/C16H19FN2O/c1-5-15-10(2)18-19(11(15)3)12(4)16(20)13-6-8-14(17)9-7-13/h6-9,12H,5H2,1-4H3. The van der Waals surface area contributed by atoms with Crippen molar-refractivity contribution in [2.24, 2.45) is 0 Å². The molecule has 0 N–H and O–H groups in total. The number of aryl methyl sites for hydroxylation is 1. The van der Waals surface area contributed by atoms with E-state index in [0.717, 1.165) is 17.8 Å². The second kappa shape index (κ2) is 5.57. The van der Waals surface area contributed by atoms with Gasteiger partial charge in [0.25, 0.3) is 0 Å². The molecule has 1 unspecified atom stereocenters. The zero-order valence-corrected chi connectivity index (χ0v) is 12.3. The summed E-state index contributed by atoms with van der Waals surface area (Å²) in [5.41, 5.74) is 3.67. The topological polar surface area (TPSA) is 34.9 Å². The van der Waals surface area contributed by atoms with Crippen LogP contribution in [0.4, 0.5) is 4.39 Å². The Hall–Kier alpha value is -1.97. The molecule has 0 bridgehead atoms. The third kappa shape index (κ3) is 2.50. The van der Waals surface area contributed by atoms with Crippen LogP contribution in [0.2, 0.25) is 0 Å². The molecular formula is C16H19FN2O. The number of rotatable bonds is 4. The summed E-state index contributed by atoms with van der Waals surface area (Å²) < 4.78 is 14.7. The van der Waals surface area contributed by atoms with Crippen LogP contribution in [0.5, 0.6) is 0 Å². The van der Waals surface area contributed by atoms with Crippen LogP contribution in [0.15, 0.2) is 24.3 Å². The van der Waals surface area contributed by atoms with Crippen LogP contribution >= 0.6 is 0 Å².